The number of hydrogen-bond donors (Lipinski definition) is 0. The summed E-state index contributed by atoms with van der Waals surface area (Å²) in [7, 11) is 3.18. The average Bonchev–Trinajstić information content (AvgIpc) is 2.30. The average molecular weight is 289 g/mol. The van der Waals surface area contributed by atoms with Crippen molar-refractivity contribution >= 4 is 15.9 Å². The Morgan fingerprint density at radius 2 is 1.75 bits per heavy atom. The standard InChI is InChI=1S/C11H17BrN2O2/c1-4-5-6-7-8-10(15-2)14-9(12)11(13-8)16-3/h4-7H2,1-3H3. The van der Waals surface area contributed by atoms with Crippen molar-refractivity contribution < 1.29 is 9.47 Å². The van der Waals surface area contributed by atoms with Crippen LogP contribution in [0.15, 0.2) is 4.60 Å². The Morgan fingerprint density at radius 3 is 2.31 bits per heavy atom. The number of ether oxygens (including phenoxy) is 2. The van der Waals surface area contributed by atoms with Crippen LogP contribution in [0, 0.1) is 0 Å². The van der Waals surface area contributed by atoms with Gasteiger partial charge in [-0.3, -0.25) is 0 Å². The highest BCUT2D eigenvalue weighted by atomic mass is 79.9. The maximum Gasteiger partial charge on any atom is 0.247 e. The predicted octanol–water partition coefficient (Wildman–Crippen LogP) is 2.99. The van der Waals surface area contributed by atoms with E-state index in [4.69, 9.17) is 9.47 Å². The largest absolute Gasteiger partial charge is 0.480 e. The van der Waals surface area contributed by atoms with E-state index in [-0.39, 0.29) is 0 Å². The van der Waals surface area contributed by atoms with Gasteiger partial charge in [-0.2, -0.15) is 4.98 Å². The molecule has 0 bridgehead atoms. The normalized spacial score (nSPS) is 10.2. The predicted molar refractivity (Wildman–Crippen MR) is 66.1 cm³/mol. The van der Waals surface area contributed by atoms with Crippen molar-refractivity contribution in [2.24, 2.45) is 0 Å². The fourth-order valence-electron chi connectivity index (χ4n) is 1.42. The Hall–Kier alpha value is -0.840. The molecule has 0 N–H and O–H groups in total. The quantitative estimate of drug-likeness (QED) is 0.755. The molecule has 4 nitrogen and oxygen atoms in total. The summed E-state index contributed by atoms with van der Waals surface area (Å²) >= 11 is 3.29. The van der Waals surface area contributed by atoms with Gasteiger partial charge in [-0.15, -0.1) is 0 Å². The zero-order chi connectivity index (χ0) is 12.0. The zero-order valence-corrected chi connectivity index (χ0v) is 11.5. The molecule has 0 atom stereocenters. The van der Waals surface area contributed by atoms with Crippen LogP contribution in [-0.2, 0) is 6.42 Å². The Balaban J connectivity index is 2.86. The molecule has 0 unspecified atom stereocenters. The number of unbranched alkanes of at least 4 members (excludes halogenated alkanes) is 2. The van der Waals surface area contributed by atoms with E-state index in [1.165, 1.54) is 12.8 Å². The van der Waals surface area contributed by atoms with E-state index in [2.05, 4.69) is 32.8 Å². The SMILES string of the molecule is CCCCCc1nc(OC)c(Br)nc1OC. The molecule has 0 saturated carbocycles. The van der Waals surface area contributed by atoms with Gasteiger partial charge in [-0.1, -0.05) is 19.8 Å². The highest BCUT2D eigenvalue weighted by molar-refractivity contribution is 9.10. The third-order valence-corrected chi connectivity index (χ3v) is 2.78. The first-order chi connectivity index (χ1) is 7.72. The lowest BCUT2D eigenvalue weighted by Crippen LogP contribution is -2.02. The van der Waals surface area contributed by atoms with Crippen molar-refractivity contribution in [1.82, 2.24) is 9.97 Å². The lowest BCUT2D eigenvalue weighted by atomic mass is 10.1. The fraction of sp³-hybridized carbons (Fsp3) is 0.636. The number of methoxy groups -OCH3 is 2. The fourth-order valence-corrected chi connectivity index (χ4v) is 1.83. The minimum absolute atomic E-state index is 0.507. The summed E-state index contributed by atoms with van der Waals surface area (Å²) in [5.74, 6) is 1.08. The van der Waals surface area contributed by atoms with E-state index in [9.17, 15) is 0 Å². The number of aryl methyl sites for hydroxylation is 1. The van der Waals surface area contributed by atoms with Gasteiger partial charge in [0.1, 0.15) is 5.69 Å². The summed E-state index contributed by atoms with van der Waals surface area (Å²) in [5, 5.41) is 0. The van der Waals surface area contributed by atoms with E-state index in [0.29, 0.717) is 16.4 Å². The summed E-state index contributed by atoms with van der Waals surface area (Å²) in [6.45, 7) is 2.17. The first-order valence-electron chi connectivity index (χ1n) is 5.37. The molecule has 0 aliphatic rings. The maximum absolute atomic E-state index is 5.20. The Labute approximate surface area is 105 Å². The summed E-state index contributed by atoms with van der Waals surface area (Å²) in [6.07, 6.45) is 4.33. The van der Waals surface area contributed by atoms with Crippen LogP contribution >= 0.6 is 15.9 Å². The van der Waals surface area contributed by atoms with Gasteiger partial charge in [0.25, 0.3) is 0 Å². The molecule has 1 aromatic rings. The van der Waals surface area contributed by atoms with Crippen molar-refractivity contribution in [2.45, 2.75) is 32.6 Å². The van der Waals surface area contributed by atoms with Crippen LogP contribution in [-0.4, -0.2) is 24.2 Å². The molecule has 0 fully saturated rings. The molecular formula is C11H17BrN2O2. The van der Waals surface area contributed by atoms with Gasteiger partial charge >= 0.3 is 0 Å². The van der Waals surface area contributed by atoms with Crippen LogP contribution in [0.2, 0.25) is 0 Å². The number of halogens is 1. The van der Waals surface area contributed by atoms with Crippen LogP contribution in [0.1, 0.15) is 31.9 Å². The number of hydrogen-bond acceptors (Lipinski definition) is 4. The Kier molecular flexibility index (Phi) is 5.52. The van der Waals surface area contributed by atoms with Crippen LogP contribution in [0.4, 0.5) is 0 Å². The smallest absolute Gasteiger partial charge is 0.247 e. The molecule has 0 aliphatic heterocycles. The van der Waals surface area contributed by atoms with E-state index in [0.717, 1.165) is 18.5 Å². The van der Waals surface area contributed by atoms with Crippen LogP contribution in [0.25, 0.3) is 0 Å². The molecule has 0 amide bonds. The molecule has 0 aromatic carbocycles. The van der Waals surface area contributed by atoms with Crippen molar-refractivity contribution in [1.29, 1.82) is 0 Å². The molecule has 1 aromatic heterocycles. The van der Waals surface area contributed by atoms with Crippen molar-refractivity contribution in [3.63, 3.8) is 0 Å². The first kappa shape index (κ1) is 13.2. The van der Waals surface area contributed by atoms with Gasteiger partial charge in [0.2, 0.25) is 11.8 Å². The van der Waals surface area contributed by atoms with E-state index >= 15 is 0 Å². The van der Waals surface area contributed by atoms with Gasteiger partial charge in [-0.05, 0) is 28.8 Å². The number of rotatable bonds is 6. The van der Waals surface area contributed by atoms with Crippen LogP contribution < -0.4 is 9.47 Å². The number of aromatic nitrogens is 2. The minimum atomic E-state index is 0.507. The second-order valence-electron chi connectivity index (χ2n) is 3.44. The zero-order valence-electron chi connectivity index (χ0n) is 9.92. The third kappa shape index (κ3) is 3.33. The van der Waals surface area contributed by atoms with E-state index in [1.807, 2.05) is 0 Å². The topological polar surface area (TPSA) is 44.2 Å². The molecule has 90 valence electrons. The van der Waals surface area contributed by atoms with E-state index in [1.54, 1.807) is 14.2 Å². The summed E-state index contributed by atoms with van der Waals surface area (Å²) in [4.78, 5) is 8.62. The minimum Gasteiger partial charge on any atom is -0.480 e. The molecule has 0 radical (unpaired) electrons. The highest BCUT2D eigenvalue weighted by Gasteiger charge is 2.12. The van der Waals surface area contributed by atoms with E-state index < -0.39 is 0 Å². The summed E-state index contributed by atoms with van der Waals surface area (Å²) in [6, 6.07) is 0. The molecule has 1 heterocycles. The van der Waals surface area contributed by atoms with Gasteiger partial charge in [-0.25, -0.2) is 4.98 Å². The van der Waals surface area contributed by atoms with Gasteiger partial charge < -0.3 is 9.47 Å². The van der Waals surface area contributed by atoms with Gasteiger partial charge in [0.15, 0.2) is 4.60 Å². The Morgan fingerprint density at radius 1 is 1.06 bits per heavy atom. The lowest BCUT2D eigenvalue weighted by Gasteiger charge is -2.09. The van der Waals surface area contributed by atoms with Crippen molar-refractivity contribution in [3.8, 4) is 11.8 Å². The monoisotopic (exact) mass is 288 g/mol. The second-order valence-corrected chi connectivity index (χ2v) is 4.19. The van der Waals surface area contributed by atoms with Gasteiger partial charge in [0, 0.05) is 0 Å². The number of nitrogens with zero attached hydrogens (tertiary/aromatic N) is 2. The molecule has 0 spiro atoms. The third-order valence-electron chi connectivity index (χ3n) is 2.26. The summed E-state index contributed by atoms with van der Waals surface area (Å²) < 4.78 is 10.9. The Bertz CT molecular complexity index is 345. The molecule has 1 rings (SSSR count). The first-order valence-corrected chi connectivity index (χ1v) is 6.16. The highest BCUT2D eigenvalue weighted by Crippen LogP contribution is 2.26. The molecule has 5 heteroatoms. The van der Waals surface area contributed by atoms with Crippen molar-refractivity contribution in [2.75, 3.05) is 14.2 Å². The van der Waals surface area contributed by atoms with Crippen LogP contribution in [0.5, 0.6) is 11.8 Å². The maximum atomic E-state index is 5.20. The van der Waals surface area contributed by atoms with Gasteiger partial charge in [0.05, 0.1) is 14.2 Å². The van der Waals surface area contributed by atoms with Crippen molar-refractivity contribution in [3.05, 3.63) is 10.3 Å². The summed E-state index contributed by atoms with van der Waals surface area (Å²) in [5.41, 5.74) is 0.857. The lowest BCUT2D eigenvalue weighted by molar-refractivity contribution is 0.364. The molecule has 0 saturated heterocycles. The molecule has 0 aliphatic carbocycles. The second kappa shape index (κ2) is 6.68. The molecule has 16 heavy (non-hydrogen) atoms. The van der Waals surface area contributed by atoms with Crippen LogP contribution in [0.3, 0.4) is 0 Å². The molecular weight excluding hydrogens is 272 g/mol.